The highest BCUT2D eigenvalue weighted by atomic mass is 16.5. The molecule has 1 aliphatic heterocycles. The van der Waals surface area contributed by atoms with E-state index in [1.54, 1.807) is 0 Å². The molecule has 5 nitrogen and oxygen atoms in total. The van der Waals surface area contributed by atoms with Crippen molar-refractivity contribution in [2.45, 2.75) is 38.8 Å². The second-order valence-corrected chi connectivity index (χ2v) is 4.80. The summed E-state index contributed by atoms with van der Waals surface area (Å²) < 4.78 is 11.0. The Labute approximate surface area is 119 Å². The second kappa shape index (κ2) is 7.26. The van der Waals surface area contributed by atoms with Gasteiger partial charge in [-0.05, 0) is 44.4 Å². The fourth-order valence-electron chi connectivity index (χ4n) is 2.28. The lowest BCUT2D eigenvalue weighted by atomic mass is 10.1. The Balaban J connectivity index is 2.03. The molecule has 1 unspecified atom stereocenters. The Kier molecular flexibility index (Phi) is 5.38. The van der Waals surface area contributed by atoms with Crippen molar-refractivity contribution in [1.29, 1.82) is 0 Å². The van der Waals surface area contributed by atoms with Crippen LogP contribution < -0.4 is 15.8 Å². The van der Waals surface area contributed by atoms with Gasteiger partial charge < -0.3 is 20.5 Å². The van der Waals surface area contributed by atoms with Gasteiger partial charge in [0.15, 0.2) is 0 Å². The van der Waals surface area contributed by atoms with Crippen LogP contribution in [0.3, 0.4) is 0 Å². The SMILES string of the molecule is CCOc1ccc(NC(=O)C2CCCCO2)cc1CN. The third-order valence-corrected chi connectivity index (χ3v) is 3.32. The molecule has 0 bridgehead atoms. The summed E-state index contributed by atoms with van der Waals surface area (Å²) >= 11 is 0. The molecule has 1 aromatic carbocycles. The maximum atomic E-state index is 12.1. The van der Waals surface area contributed by atoms with Crippen LogP contribution in [0.5, 0.6) is 5.75 Å². The minimum atomic E-state index is -0.336. The average Bonchev–Trinajstić information content (AvgIpc) is 2.50. The average molecular weight is 278 g/mol. The number of rotatable bonds is 5. The van der Waals surface area contributed by atoms with Gasteiger partial charge in [0, 0.05) is 24.4 Å². The van der Waals surface area contributed by atoms with Gasteiger partial charge in [-0.2, -0.15) is 0 Å². The highest BCUT2D eigenvalue weighted by Crippen LogP contribution is 2.23. The highest BCUT2D eigenvalue weighted by molar-refractivity contribution is 5.94. The zero-order valence-corrected chi connectivity index (χ0v) is 11.9. The van der Waals surface area contributed by atoms with Gasteiger partial charge in [0.2, 0.25) is 0 Å². The normalized spacial score (nSPS) is 18.6. The molecule has 0 saturated carbocycles. The molecular formula is C15H22N2O3. The maximum absolute atomic E-state index is 12.1. The molecule has 1 aromatic rings. The van der Waals surface area contributed by atoms with Crippen LogP contribution in [-0.2, 0) is 16.1 Å². The van der Waals surface area contributed by atoms with E-state index in [9.17, 15) is 4.79 Å². The van der Waals surface area contributed by atoms with Crippen molar-refractivity contribution >= 4 is 11.6 Å². The summed E-state index contributed by atoms with van der Waals surface area (Å²) in [6.07, 6.45) is 2.52. The maximum Gasteiger partial charge on any atom is 0.253 e. The standard InChI is InChI=1S/C15H22N2O3/c1-2-19-13-7-6-12(9-11(13)10-16)17-15(18)14-5-3-4-8-20-14/h6-7,9,14H,2-5,8,10,16H2,1H3,(H,17,18). The lowest BCUT2D eigenvalue weighted by Crippen LogP contribution is -2.33. The summed E-state index contributed by atoms with van der Waals surface area (Å²) in [5, 5.41) is 2.88. The molecule has 3 N–H and O–H groups in total. The van der Waals surface area contributed by atoms with E-state index in [1.807, 2.05) is 25.1 Å². The van der Waals surface area contributed by atoms with Gasteiger partial charge in [-0.3, -0.25) is 4.79 Å². The molecule has 1 fully saturated rings. The first kappa shape index (κ1) is 14.8. The van der Waals surface area contributed by atoms with Crippen molar-refractivity contribution < 1.29 is 14.3 Å². The van der Waals surface area contributed by atoms with Crippen molar-refractivity contribution in [2.75, 3.05) is 18.5 Å². The van der Waals surface area contributed by atoms with Crippen LogP contribution in [0.4, 0.5) is 5.69 Å². The van der Waals surface area contributed by atoms with Crippen LogP contribution in [0.1, 0.15) is 31.7 Å². The van der Waals surface area contributed by atoms with E-state index in [0.717, 1.165) is 36.3 Å². The smallest absolute Gasteiger partial charge is 0.253 e. The predicted molar refractivity (Wildman–Crippen MR) is 77.7 cm³/mol. The summed E-state index contributed by atoms with van der Waals surface area (Å²) in [5.74, 6) is 0.679. The molecule has 0 aliphatic carbocycles. The summed E-state index contributed by atoms with van der Waals surface area (Å²) in [5.41, 5.74) is 7.32. The number of nitrogens with one attached hydrogen (secondary N) is 1. The molecule has 1 amide bonds. The molecule has 110 valence electrons. The van der Waals surface area contributed by atoms with Crippen LogP contribution >= 0.6 is 0 Å². The first-order chi connectivity index (χ1) is 9.74. The van der Waals surface area contributed by atoms with Gasteiger partial charge in [-0.25, -0.2) is 0 Å². The first-order valence-electron chi connectivity index (χ1n) is 7.13. The number of amides is 1. The van der Waals surface area contributed by atoms with Gasteiger partial charge >= 0.3 is 0 Å². The molecule has 20 heavy (non-hydrogen) atoms. The van der Waals surface area contributed by atoms with Crippen LogP contribution in [0, 0.1) is 0 Å². The number of carbonyl (C=O) groups is 1. The van der Waals surface area contributed by atoms with Crippen LogP contribution in [0.25, 0.3) is 0 Å². The third kappa shape index (κ3) is 3.71. The number of ether oxygens (including phenoxy) is 2. The lowest BCUT2D eigenvalue weighted by molar-refractivity contribution is -0.129. The van der Waals surface area contributed by atoms with E-state index >= 15 is 0 Å². The van der Waals surface area contributed by atoms with Crippen LogP contribution in [0.15, 0.2) is 18.2 Å². The van der Waals surface area contributed by atoms with Crippen molar-refractivity contribution in [2.24, 2.45) is 5.73 Å². The molecule has 2 rings (SSSR count). The van der Waals surface area contributed by atoms with Gasteiger partial charge in [0.25, 0.3) is 5.91 Å². The molecular weight excluding hydrogens is 256 g/mol. The zero-order chi connectivity index (χ0) is 14.4. The van der Waals surface area contributed by atoms with E-state index in [0.29, 0.717) is 19.8 Å². The molecule has 1 aliphatic rings. The minimum absolute atomic E-state index is 0.0863. The highest BCUT2D eigenvalue weighted by Gasteiger charge is 2.22. The fraction of sp³-hybridized carbons (Fsp3) is 0.533. The van der Waals surface area contributed by atoms with Crippen LogP contribution in [-0.4, -0.2) is 25.2 Å². The third-order valence-electron chi connectivity index (χ3n) is 3.32. The fourth-order valence-corrected chi connectivity index (χ4v) is 2.28. The van der Waals surface area contributed by atoms with Gasteiger partial charge in [-0.1, -0.05) is 0 Å². The van der Waals surface area contributed by atoms with E-state index in [4.69, 9.17) is 15.2 Å². The summed E-state index contributed by atoms with van der Waals surface area (Å²) in [6.45, 7) is 3.55. The quantitative estimate of drug-likeness (QED) is 0.864. The predicted octanol–water partition coefficient (Wildman–Crippen LogP) is 2.05. The Hall–Kier alpha value is -1.59. The molecule has 1 atom stereocenters. The summed E-state index contributed by atoms with van der Waals surface area (Å²) in [6, 6.07) is 5.51. The van der Waals surface area contributed by atoms with Crippen molar-refractivity contribution in [3.05, 3.63) is 23.8 Å². The van der Waals surface area contributed by atoms with Gasteiger partial charge in [-0.15, -0.1) is 0 Å². The Bertz CT molecular complexity index is 456. The lowest BCUT2D eigenvalue weighted by Gasteiger charge is -2.22. The Morgan fingerprint density at radius 1 is 1.50 bits per heavy atom. The number of hydrogen-bond acceptors (Lipinski definition) is 4. The summed E-state index contributed by atoms with van der Waals surface area (Å²) in [7, 11) is 0. The monoisotopic (exact) mass is 278 g/mol. The molecule has 0 radical (unpaired) electrons. The number of carbonyl (C=O) groups excluding carboxylic acids is 1. The topological polar surface area (TPSA) is 73.6 Å². The van der Waals surface area contributed by atoms with E-state index < -0.39 is 0 Å². The Morgan fingerprint density at radius 2 is 2.35 bits per heavy atom. The number of anilines is 1. The number of hydrogen-bond donors (Lipinski definition) is 2. The zero-order valence-electron chi connectivity index (χ0n) is 11.9. The molecule has 5 heteroatoms. The molecule has 0 aromatic heterocycles. The minimum Gasteiger partial charge on any atom is -0.494 e. The van der Waals surface area contributed by atoms with E-state index in [2.05, 4.69) is 5.32 Å². The van der Waals surface area contributed by atoms with E-state index in [1.165, 1.54) is 0 Å². The van der Waals surface area contributed by atoms with Gasteiger partial charge in [0.1, 0.15) is 11.9 Å². The molecule has 1 saturated heterocycles. The van der Waals surface area contributed by atoms with Crippen molar-refractivity contribution in [1.82, 2.24) is 0 Å². The molecule has 1 heterocycles. The largest absolute Gasteiger partial charge is 0.494 e. The Morgan fingerprint density at radius 3 is 3.00 bits per heavy atom. The first-order valence-corrected chi connectivity index (χ1v) is 7.13. The van der Waals surface area contributed by atoms with Crippen molar-refractivity contribution in [3.8, 4) is 5.75 Å². The number of nitrogens with two attached hydrogens (primary N) is 1. The summed E-state index contributed by atoms with van der Waals surface area (Å²) in [4.78, 5) is 12.1. The molecule has 0 spiro atoms. The van der Waals surface area contributed by atoms with E-state index in [-0.39, 0.29) is 12.0 Å². The van der Waals surface area contributed by atoms with Crippen LogP contribution in [0.2, 0.25) is 0 Å². The van der Waals surface area contributed by atoms with Gasteiger partial charge in [0.05, 0.1) is 6.61 Å². The van der Waals surface area contributed by atoms with Crippen molar-refractivity contribution in [3.63, 3.8) is 0 Å². The number of benzene rings is 1. The second-order valence-electron chi connectivity index (χ2n) is 4.80.